The highest BCUT2D eigenvalue weighted by Gasteiger charge is 2.26. The van der Waals surface area contributed by atoms with Crippen LogP contribution in [0.25, 0.3) is 0 Å². The number of hydrogen-bond acceptors (Lipinski definition) is 6. The fourth-order valence-corrected chi connectivity index (χ4v) is 1.64. The normalized spacial score (nSPS) is 11.3. The maximum atomic E-state index is 12.2. The number of nitrogens with one attached hydrogen (secondary N) is 2. The lowest BCUT2D eigenvalue weighted by Gasteiger charge is -2.19. The Kier molecular flexibility index (Phi) is 6.44. The molecule has 6 nitrogen and oxygen atoms in total. The number of nitrogens with zero attached hydrogens (tertiary/aromatic N) is 4. The minimum atomic E-state index is -4.20. The predicted octanol–water partition coefficient (Wildman–Crippen LogP) is 2.51. The summed E-state index contributed by atoms with van der Waals surface area (Å²) >= 11 is 0. The van der Waals surface area contributed by atoms with Gasteiger partial charge in [0.1, 0.15) is 0 Å². The molecule has 0 bridgehead atoms. The first-order valence-electron chi connectivity index (χ1n) is 6.95. The van der Waals surface area contributed by atoms with Crippen LogP contribution in [0.4, 0.5) is 31.0 Å². The van der Waals surface area contributed by atoms with Gasteiger partial charge in [-0.05, 0) is 20.8 Å². The smallest absolute Gasteiger partial charge is 0.354 e. The van der Waals surface area contributed by atoms with E-state index in [1.165, 1.54) is 0 Å². The Morgan fingerprint density at radius 1 is 0.952 bits per heavy atom. The van der Waals surface area contributed by atoms with Gasteiger partial charge in [0, 0.05) is 26.2 Å². The molecule has 120 valence electrons. The lowest BCUT2D eigenvalue weighted by atomic mass is 10.4. The molecule has 2 N–H and O–H groups in total. The molecule has 0 aliphatic rings. The molecular formula is C12H21F3N6. The van der Waals surface area contributed by atoms with Gasteiger partial charge in [-0.2, -0.15) is 28.1 Å². The first-order valence-corrected chi connectivity index (χ1v) is 6.95. The van der Waals surface area contributed by atoms with Crippen molar-refractivity contribution in [2.45, 2.75) is 33.4 Å². The van der Waals surface area contributed by atoms with Crippen molar-refractivity contribution >= 4 is 17.8 Å². The number of aromatic nitrogens is 3. The largest absolute Gasteiger partial charge is 0.390 e. The molecule has 0 atom stereocenters. The number of alkyl halides is 3. The summed E-state index contributed by atoms with van der Waals surface area (Å²) in [6.07, 6.45) is -5.14. The van der Waals surface area contributed by atoms with Crippen molar-refractivity contribution in [2.75, 3.05) is 41.7 Å². The zero-order valence-corrected chi connectivity index (χ0v) is 12.5. The van der Waals surface area contributed by atoms with Crippen LogP contribution < -0.4 is 15.5 Å². The highest BCUT2D eigenvalue weighted by molar-refractivity contribution is 5.43. The molecule has 0 saturated heterocycles. The summed E-state index contributed by atoms with van der Waals surface area (Å²) in [6.45, 7) is 7.55. The Hall–Kier alpha value is -1.80. The van der Waals surface area contributed by atoms with Crippen molar-refractivity contribution in [2.24, 2.45) is 0 Å². The van der Waals surface area contributed by atoms with Crippen LogP contribution in [-0.2, 0) is 0 Å². The van der Waals surface area contributed by atoms with Crippen LogP contribution in [0, 0.1) is 0 Å². The van der Waals surface area contributed by atoms with Crippen molar-refractivity contribution in [3.63, 3.8) is 0 Å². The van der Waals surface area contributed by atoms with Gasteiger partial charge in [-0.15, -0.1) is 0 Å². The molecule has 0 aliphatic heterocycles. The molecule has 0 amide bonds. The Morgan fingerprint density at radius 3 is 2.00 bits per heavy atom. The van der Waals surface area contributed by atoms with Gasteiger partial charge in [-0.3, -0.25) is 0 Å². The van der Waals surface area contributed by atoms with Crippen LogP contribution in [0.5, 0.6) is 0 Å². The third-order valence-corrected chi connectivity index (χ3v) is 2.70. The summed E-state index contributed by atoms with van der Waals surface area (Å²) in [5.41, 5.74) is 0. The topological polar surface area (TPSA) is 66.0 Å². The molecule has 0 aliphatic carbocycles. The molecule has 1 rings (SSSR count). The second-order valence-electron chi connectivity index (χ2n) is 4.28. The van der Waals surface area contributed by atoms with E-state index in [1.54, 1.807) is 0 Å². The van der Waals surface area contributed by atoms with Crippen molar-refractivity contribution < 1.29 is 13.2 Å². The number of hydrogen-bond donors (Lipinski definition) is 2. The van der Waals surface area contributed by atoms with Crippen LogP contribution in [-0.4, -0.2) is 47.3 Å². The predicted molar refractivity (Wildman–Crippen MR) is 76.7 cm³/mol. The summed E-state index contributed by atoms with van der Waals surface area (Å²) < 4.78 is 36.5. The van der Waals surface area contributed by atoms with E-state index in [-0.39, 0.29) is 12.5 Å². The third-order valence-electron chi connectivity index (χ3n) is 2.70. The minimum absolute atomic E-state index is 0.145. The number of halogens is 3. The molecule has 0 spiro atoms. The molecular weight excluding hydrogens is 285 g/mol. The Labute approximate surface area is 122 Å². The van der Waals surface area contributed by atoms with E-state index in [9.17, 15) is 13.2 Å². The number of rotatable bonds is 8. The number of anilines is 3. The van der Waals surface area contributed by atoms with Crippen LogP contribution in [0.3, 0.4) is 0 Å². The fraction of sp³-hybridized carbons (Fsp3) is 0.750. The van der Waals surface area contributed by atoms with E-state index in [1.807, 2.05) is 25.7 Å². The van der Waals surface area contributed by atoms with Crippen LogP contribution in [0.15, 0.2) is 0 Å². The zero-order chi connectivity index (χ0) is 15.9. The standard InChI is InChI=1S/C12H21F3N6/c1-4-16-9-18-10(17-8-7-12(13,14)15)20-11(19-9)21(5-2)6-3/h4-8H2,1-3H3,(H2,16,17,18,19,20). The average Bonchev–Trinajstić information content (AvgIpc) is 2.39. The third kappa shape index (κ3) is 6.01. The van der Waals surface area contributed by atoms with Crippen molar-refractivity contribution in [3.05, 3.63) is 0 Å². The summed E-state index contributed by atoms with van der Waals surface area (Å²) in [4.78, 5) is 14.4. The summed E-state index contributed by atoms with van der Waals surface area (Å²) in [5.74, 6) is 0.941. The van der Waals surface area contributed by atoms with Gasteiger partial charge in [0.15, 0.2) is 0 Å². The molecule has 0 saturated carbocycles. The van der Waals surface area contributed by atoms with Crippen LogP contribution in [0.2, 0.25) is 0 Å². The molecule has 0 radical (unpaired) electrons. The summed E-state index contributed by atoms with van der Waals surface area (Å²) in [6, 6.07) is 0. The van der Waals surface area contributed by atoms with Crippen molar-refractivity contribution in [1.82, 2.24) is 15.0 Å². The molecule has 1 heterocycles. The lowest BCUT2D eigenvalue weighted by Crippen LogP contribution is -2.26. The van der Waals surface area contributed by atoms with E-state index < -0.39 is 12.6 Å². The highest BCUT2D eigenvalue weighted by atomic mass is 19.4. The molecule has 0 aromatic carbocycles. The van der Waals surface area contributed by atoms with Crippen molar-refractivity contribution in [1.29, 1.82) is 0 Å². The SMILES string of the molecule is CCNc1nc(NCCC(F)(F)F)nc(N(CC)CC)n1. The molecule has 0 unspecified atom stereocenters. The van der Waals surface area contributed by atoms with Gasteiger partial charge in [-0.1, -0.05) is 0 Å². The van der Waals surface area contributed by atoms with E-state index in [0.717, 1.165) is 0 Å². The van der Waals surface area contributed by atoms with Crippen molar-refractivity contribution in [3.8, 4) is 0 Å². The van der Waals surface area contributed by atoms with Crippen LogP contribution >= 0.6 is 0 Å². The molecule has 1 aromatic heterocycles. The highest BCUT2D eigenvalue weighted by Crippen LogP contribution is 2.19. The van der Waals surface area contributed by atoms with Gasteiger partial charge >= 0.3 is 6.18 Å². The van der Waals surface area contributed by atoms with Gasteiger partial charge in [0.2, 0.25) is 17.8 Å². The molecule has 1 aromatic rings. The second-order valence-corrected chi connectivity index (χ2v) is 4.28. The quantitative estimate of drug-likeness (QED) is 0.769. The van der Waals surface area contributed by atoms with Gasteiger partial charge < -0.3 is 15.5 Å². The van der Waals surface area contributed by atoms with Crippen LogP contribution in [0.1, 0.15) is 27.2 Å². The summed E-state index contributed by atoms with van der Waals surface area (Å²) in [5, 5.41) is 5.54. The van der Waals surface area contributed by atoms with Gasteiger partial charge in [0.05, 0.1) is 6.42 Å². The van der Waals surface area contributed by atoms with E-state index >= 15 is 0 Å². The Balaban J connectivity index is 2.86. The minimum Gasteiger partial charge on any atom is -0.354 e. The lowest BCUT2D eigenvalue weighted by molar-refractivity contribution is -0.131. The van der Waals surface area contributed by atoms with E-state index in [2.05, 4.69) is 25.6 Å². The van der Waals surface area contributed by atoms with Gasteiger partial charge in [-0.25, -0.2) is 0 Å². The maximum absolute atomic E-state index is 12.2. The Bertz CT molecular complexity index is 433. The second kappa shape index (κ2) is 7.84. The fourth-order valence-electron chi connectivity index (χ4n) is 1.64. The maximum Gasteiger partial charge on any atom is 0.390 e. The monoisotopic (exact) mass is 306 g/mol. The molecule has 0 fully saturated rings. The first-order chi connectivity index (χ1) is 9.89. The average molecular weight is 306 g/mol. The van der Waals surface area contributed by atoms with E-state index in [0.29, 0.717) is 31.5 Å². The van der Waals surface area contributed by atoms with E-state index in [4.69, 9.17) is 0 Å². The van der Waals surface area contributed by atoms with Gasteiger partial charge in [0.25, 0.3) is 0 Å². The summed E-state index contributed by atoms with van der Waals surface area (Å²) in [7, 11) is 0. The first kappa shape index (κ1) is 17.3. The Morgan fingerprint density at radius 2 is 1.52 bits per heavy atom. The molecule has 9 heteroatoms. The zero-order valence-electron chi connectivity index (χ0n) is 12.5. The molecule has 21 heavy (non-hydrogen) atoms.